The summed E-state index contributed by atoms with van der Waals surface area (Å²) in [6.45, 7) is 0. The Balaban J connectivity index is 2.12. The zero-order valence-electron chi connectivity index (χ0n) is 8.80. The third-order valence-corrected chi connectivity index (χ3v) is 3.16. The van der Waals surface area contributed by atoms with Gasteiger partial charge in [-0.05, 0) is 25.7 Å². The highest BCUT2D eigenvalue weighted by atomic mass is 16.4. The molecule has 0 unspecified atom stereocenters. The lowest BCUT2D eigenvalue weighted by atomic mass is 9.79. The van der Waals surface area contributed by atoms with Crippen LogP contribution in [-0.2, 0) is 4.79 Å². The molecule has 0 atom stereocenters. The average molecular weight is 199 g/mol. The van der Waals surface area contributed by atoms with Crippen LogP contribution >= 0.6 is 0 Å². The highest BCUT2D eigenvalue weighted by Gasteiger charge is 2.26. The van der Waals surface area contributed by atoms with Crippen LogP contribution in [0.25, 0.3) is 0 Å². The molecule has 0 aromatic rings. The number of carboxylic acids is 1. The van der Waals surface area contributed by atoms with Crippen molar-refractivity contribution in [1.29, 1.82) is 0 Å². The van der Waals surface area contributed by atoms with Gasteiger partial charge in [-0.2, -0.15) is 0 Å². The van der Waals surface area contributed by atoms with Crippen LogP contribution < -0.4 is 5.73 Å². The van der Waals surface area contributed by atoms with Crippen molar-refractivity contribution in [3.05, 3.63) is 0 Å². The summed E-state index contributed by atoms with van der Waals surface area (Å²) in [6, 6.07) is 0. The van der Waals surface area contributed by atoms with Gasteiger partial charge in [-0.25, -0.2) is 0 Å². The van der Waals surface area contributed by atoms with Crippen molar-refractivity contribution in [3.8, 4) is 0 Å². The summed E-state index contributed by atoms with van der Waals surface area (Å²) in [5.74, 6) is -0.695. The molecular weight excluding hydrogens is 178 g/mol. The molecule has 1 aliphatic carbocycles. The van der Waals surface area contributed by atoms with Gasteiger partial charge in [0.2, 0.25) is 0 Å². The van der Waals surface area contributed by atoms with E-state index in [0.717, 1.165) is 32.1 Å². The van der Waals surface area contributed by atoms with Crippen LogP contribution in [-0.4, -0.2) is 16.6 Å². The number of carbonyl (C=O) groups is 1. The predicted octanol–water partition coefficient (Wildman–Crippen LogP) is 2.29. The Morgan fingerprint density at radius 1 is 1.21 bits per heavy atom. The first-order chi connectivity index (χ1) is 6.62. The van der Waals surface area contributed by atoms with Crippen molar-refractivity contribution in [2.24, 2.45) is 5.73 Å². The highest BCUT2D eigenvalue weighted by molar-refractivity contribution is 5.66. The highest BCUT2D eigenvalue weighted by Crippen LogP contribution is 2.30. The van der Waals surface area contributed by atoms with Gasteiger partial charge >= 0.3 is 5.97 Å². The number of unbranched alkanes of at least 4 members (excludes halogenated alkanes) is 1. The van der Waals surface area contributed by atoms with E-state index in [-0.39, 0.29) is 12.0 Å². The van der Waals surface area contributed by atoms with Crippen molar-refractivity contribution >= 4 is 5.97 Å². The van der Waals surface area contributed by atoms with E-state index in [0.29, 0.717) is 0 Å². The summed E-state index contributed by atoms with van der Waals surface area (Å²) in [5.41, 5.74) is 6.25. The number of hydrogen-bond acceptors (Lipinski definition) is 2. The Hall–Kier alpha value is -0.570. The second-order valence-electron chi connectivity index (χ2n) is 4.52. The first-order valence-corrected chi connectivity index (χ1v) is 5.63. The lowest BCUT2D eigenvalue weighted by Gasteiger charge is -2.33. The van der Waals surface area contributed by atoms with E-state index in [1.807, 2.05) is 0 Å². The van der Waals surface area contributed by atoms with Crippen molar-refractivity contribution in [1.82, 2.24) is 0 Å². The number of nitrogens with two attached hydrogens (primary N) is 1. The number of aliphatic carboxylic acids is 1. The first kappa shape index (κ1) is 11.5. The summed E-state index contributed by atoms with van der Waals surface area (Å²) >= 11 is 0. The molecule has 3 heteroatoms. The van der Waals surface area contributed by atoms with Crippen LogP contribution in [0.1, 0.15) is 57.8 Å². The molecule has 1 rings (SSSR count). The molecule has 0 amide bonds. The summed E-state index contributed by atoms with van der Waals surface area (Å²) in [5, 5.41) is 8.48. The van der Waals surface area contributed by atoms with Crippen LogP contribution in [0.4, 0.5) is 0 Å². The van der Waals surface area contributed by atoms with E-state index in [1.165, 1.54) is 19.3 Å². The van der Waals surface area contributed by atoms with E-state index >= 15 is 0 Å². The Morgan fingerprint density at radius 3 is 2.43 bits per heavy atom. The molecule has 1 saturated carbocycles. The lowest BCUT2D eigenvalue weighted by Crippen LogP contribution is -2.41. The second-order valence-corrected chi connectivity index (χ2v) is 4.52. The summed E-state index contributed by atoms with van der Waals surface area (Å²) in [7, 11) is 0. The third-order valence-electron chi connectivity index (χ3n) is 3.16. The number of rotatable bonds is 5. The van der Waals surface area contributed by atoms with Crippen LogP contribution in [0.3, 0.4) is 0 Å². The molecule has 0 saturated heterocycles. The monoisotopic (exact) mass is 199 g/mol. The molecule has 0 aromatic carbocycles. The molecule has 1 fully saturated rings. The van der Waals surface area contributed by atoms with Gasteiger partial charge in [-0.15, -0.1) is 0 Å². The summed E-state index contributed by atoms with van der Waals surface area (Å²) in [4.78, 5) is 10.3. The van der Waals surface area contributed by atoms with Gasteiger partial charge in [0.05, 0.1) is 0 Å². The molecule has 14 heavy (non-hydrogen) atoms. The van der Waals surface area contributed by atoms with Crippen LogP contribution in [0, 0.1) is 0 Å². The van der Waals surface area contributed by atoms with Gasteiger partial charge in [0.15, 0.2) is 0 Å². The Labute approximate surface area is 85.7 Å². The molecule has 3 nitrogen and oxygen atoms in total. The van der Waals surface area contributed by atoms with Gasteiger partial charge in [0.1, 0.15) is 0 Å². The van der Waals surface area contributed by atoms with Crippen LogP contribution in [0.5, 0.6) is 0 Å². The molecule has 0 spiro atoms. The van der Waals surface area contributed by atoms with E-state index < -0.39 is 5.97 Å². The topological polar surface area (TPSA) is 63.3 Å². The Bertz CT molecular complexity index is 186. The van der Waals surface area contributed by atoms with Crippen molar-refractivity contribution in [2.45, 2.75) is 63.3 Å². The summed E-state index contributed by atoms with van der Waals surface area (Å²) in [6.07, 6.45) is 9.08. The first-order valence-electron chi connectivity index (χ1n) is 5.63. The average Bonchev–Trinajstić information content (AvgIpc) is 2.14. The van der Waals surface area contributed by atoms with E-state index in [4.69, 9.17) is 10.8 Å². The minimum absolute atomic E-state index is 0.0246. The molecule has 82 valence electrons. The Kier molecular flexibility index (Phi) is 4.39. The molecule has 3 N–H and O–H groups in total. The summed E-state index contributed by atoms with van der Waals surface area (Å²) < 4.78 is 0. The normalized spacial score (nSPS) is 20.6. The maximum absolute atomic E-state index is 10.3. The fourth-order valence-corrected chi connectivity index (χ4v) is 2.26. The lowest BCUT2D eigenvalue weighted by molar-refractivity contribution is -0.137. The molecule has 0 heterocycles. The van der Waals surface area contributed by atoms with E-state index in [1.54, 1.807) is 0 Å². The van der Waals surface area contributed by atoms with Gasteiger partial charge in [0.25, 0.3) is 0 Å². The molecule has 1 aliphatic rings. The number of hydrogen-bond donors (Lipinski definition) is 2. The van der Waals surface area contributed by atoms with E-state index in [2.05, 4.69) is 0 Å². The quantitative estimate of drug-likeness (QED) is 0.668. The SMILES string of the molecule is NC1(CCCCC(=O)O)CCCCC1. The maximum Gasteiger partial charge on any atom is 0.303 e. The zero-order chi connectivity index (χ0) is 10.4. The fourth-order valence-electron chi connectivity index (χ4n) is 2.26. The fraction of sp³-hybridized carbons (Fsp3) is 0.909. The molecule has 0 aliphatic heterocycles. The zero-order valence-corrected chi connectivity index (χ0v) is 8.80. The minimum Gasteiger partial charge on any atom is -0.481 e. The van der Waals surface area contributed by atoms with Gasteiger partial charge in [-0.1, -0.05) is 25.7 Å². The number of carboxylic acid groups (broad SMARTS) is 1. The third kappa shape index (κ3) is 4.09. The molecule has 0 bridgehead atoms. The van der Waals surface area contributed by atoms with Gasteiger partial charge in [-0.3, -0.25) is 4.79 Å². The Morgan fingerprint density at radius 2 is 1.86 bits per heavy atom. The van der Waals surface area contributed by atoms with Crippen LogP contribution in [0.2, 0.25) is 0 Å². The van der Waals surface area contributed by atoms with Crippen molar-refractivity contribution < 1.29 is 9.90 Å². The molecule has 0 radical (unpaired) electrons. The smallest absolute Gasteiger partial charge is 0.303 e. The van der Waals surface area contributed by atoms with E-state index in [9.17, 15) is 4.79 Å². The largest absolute Gasteiger partial charge is 0.481 e. The van der Waals surface area contributed by atoms with Gasteiger partial charge in [0, 0.05) is 12.0 Å². The molecular formula is C11H21NO2. The van der Waals surface area contributed by atoms with Gasteiger partial charge < -0.3 is 10.8 Å². The molecule has 0 aromatic heterocycles. The van der Waals surface area contributed by atoms with Crippen molar-refractivity contribution in [2.75, 3.05) is 0 Å². The minimum atomic E-state index is -0.695. The van der Waals surface area contributed by atoms with Crippen LogP contribution in [0.15, 0.2) is 0 Å². The standard InChI is InChI=1S/C11H21NO2/c12-11(7-3-1-4-8-11)9-5-2-6-10(13)14/h1-9,12H2,(H,13,14). The second kappa shape index (κ2) is 5.35. The maximum atomic E-state index is 10.3. The predicted molar refractivity (Wildman–Crippen MR) is 56.1 cm³/mol. The van der Waals surface area contributed by atoms with Crippen molar-refractivity contribution in [3.63, 3.8) is 0 Å².